The number of fused-ring (bicyclic) bond motifs is 1. The largest absolute Gasteiger partial charge is 0.508 e. The number of methoxy groups -OCH3 is 1. The second-order valence-electron chi connectivity index (χ2n) is 11.9. The lowest BCUT2D eigenvalue weighted by Crippen LogP contribution is -2.62. The van der Waals surface area contributed by atoms with E-state index in [1.807, 2.05) is 49.6 Å². The van der Waals surface area contributed by atoms with Crippen LogP contribution in [-0.2, 0) is 10.2 Å². The number of likely N-dealkylation sites (tertiary alicyclic amines) is 1. The van der Waals surface area contributed by atoms with Crippen molar-refractivity contribution in [3.63, 3.8) is 0 Å². The Morgan fingerprint density at radius 1 is 1.17 bits per heavy atom. The number of rotatable bonds is 8. The molecule has 0 radical (unpaired) electrons. The molecule has 3 unspecified atom stereocenters. The minimum atomic E-state index is -0.130. The van der Waals surface area contributed by atoms with E-state index < -0.39 is 0 Å². The minimum absolute atomic E-state index is 0.0614. The molecule has 3 fully saturated rings. The molecule has 1 N–H and O–H groups in total. The fraction of sp³-hybridized carbons (Fsp3) is 0.581. The third kappa shape index (κ3) is 5.19. The van der Waals surface area contributed by atoms with Crippen molar-refractivity contribution >= 4 is 5.91 Å². The van der Waals surface area contributed by atoms with E-state index in [1.165, 1.54) is 24.9 Å². The van der Waals surface area contributed by atoms with Crippen LogP contribution in [0.2, 0.25) is 0 Å². The van der Waals surface area contributed by atoms with Crippen LogP contribution < -0.4 is 0 Å². The van der Waals surface area contributed by atoms with Gasteiger partial charge in [-0.05, 0) is 80.3 Å². The molecule has 2 saturated carbocycles. The Bertz CT molecular complexity index is 1040. The van der Waals surface area contributed by atoms with E-state index in [9.17, 15) is 9.90 Å². The average Bonchev–Trinajstić information content (AvgIpc) is 3.71. The van der Waals surface area contributed by atoms with E-state index in [4.69, 9.17) is 4.74 Å². The number of amides is 1. The maximum absolute atomic E-state index is 13.8. The summed E-state index contributed by atoms with van der Waals surface area (Å²) in [5.74, 6) is 1.99. The van der Waals surface area contributed by atoms with E-state index in [0.29, 0.717) is 17.6 Å². The molecule has 194 valence electrons. The molecule has 0 bridgehead atoms. The smallest absolute Gasteiger partial charge is 0.254 e. The highest BCUT2D eigenvalue weighted by Crippen LogP contribution is 2.52. The molecule has 0 spiro atoms. The molecule has 2 aromatic carbocycles. The fourth-order valence-corrected chi connectivity index (χ4v) is 6.91. The molecule has 5 heteroatoms. The SMILES string of the molecule is COC1C[C@H](N(CC(C)C)C(=O)c2ccccc2)CC2(c3cccc(O)c3)CCN(CC3CC3)CC12. The highest BCUT2D eigenvalue weighted by atomic mass is 16.5. The van der Waals surface area contributed by atoms with Gasteiger partial charge in [-0.25, -0.2) is 0 Å². The van der Waals surface area contributed by atoms with E-state index >= 15 is 0 Å². The van der Waals surface area contributed by atoms with Gasteiger partial charge in [0.15, 0.2) is 0 Å². The van der Waals surface area contributed by atoms with Crippen LogP contribution in [0.3, 0.4) is 0 Å². The first-order chi connectivity index (χ1) is 17.4. The van der Waals surface area contributed by atoms with Gasteiger partial charge in [-0.2, -0.15) is 0 Å². The summed E-state index contributed by atoms with van der Waals surface area (Å²) in [5, 5.41) is 10.5. The van der Waals surface area contributed by atoms with Crippen LogP contribution >= 0.6 is 0 Å². The Labute approximate surface area is 216 Å². The van der Waals surface area contributed by atoms with Crippen LogP contribution in [0.15, 0.2) is 54.6 Å². The molecule has 2 aliphatic carbocycles. The Morgan fingerprint density at radius 3 is 2.61 bits per heavy atom. The van der Waals surface area contributed by atoms with Crippen molar-refractivity contribution in [2.24, 2.45) is 17.8 Å². The molecular weight excluding hydrogens is 448 g/mol. The number of nitrogens with zero attached hydrogens (tertiary/aromatic N) is 2. The van der Waals surface area contributed by atoms with Gasteiger partial charge < -0.3 is 19.6 Å². The predicted octanol–water partition coefficient (Wildman–Crippen LogP) is 5.34. The van der Waals surface area contributed by atoms with Gasteiger partial charge in [0.25, 0.3) is 5.91 Å². The van der Waals surface area contributed by atoms with Crippen molar-refractivity contribution in [1.82, 2.24) is 9.80 Å². The topological polar surface area (TPSA) is 53.0 Å². The van der Waals surface area contributed by atoms with Gasteiger partial charge in [0.05, 0.1) is 6.10 Å². The number of carbonyl (C=O) groups is 1. The van der Waals surface area contributed by atoms with Crippen LogP contribution in [0.5, 0.6) is 5.75 Å². The summed E-state index contributed by atoms with van der Waals surface area (Å²) in [6.45, 7) is 8.37. The van der Waals surface area contributed by atoms with Gasteiger partial charge in [0.1, 0.15) is 5.75 Å². The van der Waals surface area contributed by atoms with E-state index in [2.05, 4.69) is 29.7 Å². The van der Waals surface area contributed by atoms with Crippen molar-refractivity contribution < 1.29 is 14.6 Å². The number of phenolic OH excluding ortho intramolecular Hbond substituents is 1. The van der Waals surface area contributed by atoms with Crippen molar-refractivity contribution in [2.45, 2.75) is 63.5 Å². The first-order valence-electron chi connectivity index (χ1n) is 13.8. The molecule has 5 rings (SSSR count). The Hall–Kier alpha value is -2.37. The number of ether oxygens (including phenoxy) is 1. The summed E-state index contributed by atoms with van der Waals surface area (Å²) >= 11 is 0. The number of aromatic hydroxyl groups is 1. The average molecular weight is 491 g/mol. The second-order valence-corrected chi connectivity index (χ2v) is 11.9. The molecule has 1 aliphatic heterocycles. The van der Waals surface area contributed by atoms with Crippen LogP contribution in [0.4, 0.5) is 0 Å². The number of hydrogen-bond acceptors (Lipinski definition) is 4. The number of hydrogen-bond donors (Lipinski definition) is 1. The third-order valence-electron chi connectivity index (χ3n) is 8.81. The number of benzene rings is 2. The summed E-state index contributed by atoms with van der Waals surface area (Å²) in [6.07, 6.45) is 5.57. The van der Waals surface area contributed by atoms with Gasteiger partial charge in [0, 0.05) is 49.7 Å². The van der Waals surface area contributed by atoms with Crippen LogP contribution in [0.25, 0.3) is 0 Å². The zero-order valence-corrected chi connectivity index (χ0v) is 22.1. The molecular formula is C31H42N2O3. The lowest BCUT2D eigenvalue weighted by molar-refractivity contribution is -0.0824. The Kier molecular flexibility index (Phi) is 7.41. The summed E-state index contributed by atoms with van der Waals surface area (Å²) in [4.78, 5) is 18.6. The maximum atomic E-state index is 13.8. The second kappa shape index (κ2) is 10.5. The zero-order chi connectivity index (χ0) is 25.3. The van der Waals surface area contributed by atoms with Gasteiger partial charge in [-0.1, -0.05) is 44.2 Å². The maximum Gasteiger partial charge on any atom is 0.254 e. The number of carbonyl (C=O) groups excluding carboxylic acids is 1. The van der Waals surface area contributed by atoms with Crippen molar-refractivity contribution in [1.29, 1.82) is 0 Å². The lowest BCUT2D eigenvalue weighted by Gasteiger charge is -2.57. The molecule has 0 aromatic heterocycles. The molecule has 5 nitrogen and oxygen atoms in total. The van der Waals surface area contributed by atoms with Crippen LogP contribution in [-0.4, -0.2) is 66.2 Å². The predicted molar refractivity (Wildman–Crippen MR) is 143 cm³/mol. The number of phenols is 1. The molecule has 3 aliphatic rings. The monoisotopic (exact) mass is 490 g/mol. The molecule has 1 saturated heterocycles. The van der Waals surface area contributed by atoms with Gasteiger partial charge >= 0.3 is 0 Å². The molecule has 1 amide bonds. The first-order valence-corrected chi connectivity index (χ1v) is 13.8. The summed E-state index contributed by atoms with van der Waals surface area (Å²) < 4.78 is 6.25. The lowest BCUT2D eigenvalue weighted by atomic mass is 9.56. The molecule has 2 aromatic rings. The fourth-order valence-electron chi connectivity index (χ4n) is 6.91. The van der Waals surface area contributed by atoms with E-state index in [1.54, 1.807) is 6.07 Å². The van der Waals surface area contributed by atoms with E-state index in [0.717, 1.165) is 50.4 Å². The van der Waals surface area contributed by atoms with Gasteiger partial charge in [-0.15, -0.1) is 0 Å². The standard InChI is InChI=1S/C31H42N2O3/c1-22(2)19-33(30(35)24-8-5-4-6-9-24)26-17-29(36-3)28-21-32(20-23-12-13-23)15-14-31(28,18-26)25-10-7-11-27(34)16-25/h4-11,16,22-23,26,28-29,34H,12-15,17-21H2,1-3H3/t26-,28?,29?,31?/m0/s1. The summed E-state index contributed by atoms with van der Waals surface area (Å²) in [7, 11) is 1.84. The van der Waals surface area contributed by atoms with Crippen LogP contribution in [0.1, 0.15) is 61.9 Å². The summed E-state index contributed by atoms with van der Waals surface area (Å²) in [5.41, 5.74) is 1.82. The number of piperidine rings is 1. The highest BCUT2D eigenvalue weighted by Gasteiger charge is 2.54. The van der Waals surface area contributed by atoms with Crippen molar-refractivity contribution in [2.75, 3.05) is 33.3 Å². The first kappa shape index (κ1) is 25.3. The van der Waals surface area contributed by atoms with Crippen molar-refractivity contribution in [3.8, 4) is 5.75 Å². The molecule has 36 heavy (non-hydrogen) atoms. The van der Waals surface area contributed by atoms with Crippen molar-refractivity contribution in [3.05, 3.63) is 65.7 Å². The van der Waals surface area contributed by atoms with Gasteiger partial charge in [-0.3, -0.25) is 4.79 Å². The Morgan fingerprint density at radius 2 is 1.94 bits per heavy atom. The quantitative estimate of drug-likeness (QED) is 0.543. The third-order valence-corrected chi connectivity index (χ3v) is 8.81. The van der Waals surface area contributed by atoms with E-state index in [-0.39, 0.29) is 23.5 Å². The Balaban J connectivity index is 1.51. The molecule has 4 atom stereocenters. The summed E-state index contributed by atoms with van der Waals surface area (Å²) in [6, 6.07) is 17.7. The van der Waals surface area contributed by atoms with Crippen LogP contribution in [0, 0.1) is 17.8 Å². The normalized spacial score (nSPS) is 28.6. The minimum Gasteiger partial charge on any atom is -0.508 e. The highest BCUT2D eigenvalue weighted by molar-refractivity contribution is 5.94. The molecule has 1 heterocycles. The zero-order valence-electron chi connectivity index (χ0n) is 22.1. The van der Waals surface area contributed by atoms with Gasteiger partial charge in [0.2, 0.25) is 0 Å².